The number of carbonyl (C=O) groups excluding carboxylic acids is 3. The molecular weight excluding hydrogens is 794 g/mol. The van der Waals surface area contributed by atoms with E-state index in [9.17, 15) is 14.4 Å². The summed E-state index contributed by atoms with van der Waals surface area (Å²) in [5, 5.41) is 6.68. The van der Waals surface area contributed by atoms with Gasteiger partial charge in [0.15, 0.2) is 0 Å². The molecular formula is C46H92ClN9O5. The molecule has 3 saturated carbocycles. The van der Waals surface area contributed by atoms with Gasteiger partial charge in [0.1, 0.15) is 17.0 Å². The van der Waals surface area contributed by atoms with Crippen molar-refractivity contribution in [3.63, 3.8) is 0 Å². The molecule has 358 valence electrons. The maximum Gasteiger partial charge on any atom is 0.410 e. The van der Waals surface area contributed by atoms with Gasteiger partial charge in [-0.2, -0.15) is 0 Å². The summed E-state index contributed by atoms with van der Waals surface area (Å²) >= 11 is 0. The number of carbonyl (C=O) groups is 3. The van der Waals surface area contributed by atoms with Gasteiger partial charge in [0.2, 0.25) is 0 Å². The minimum absolute atomic E-state index is 0. The number of ketones is 1. The molecule has 0 aromatic heterocycles. The highest BCUT2D eigenvalue weighted by Gasteiger charge is 2.33. The number of nitrogens with zero attached hydrogens (tertiary/aromatic N) is 7. The van der Waals surface area contributed by atoms with Gasteiger partial charge in [0.25, 0.3) is 0 Å². The van der Waals surface area contributed by atoms with Crippen molar-refractivity contribution in [3.05, 3.63) is 0 Å². The summed E-state index contributed by atoms with van der Waals surface area (Å²) in [4.78, 5) is 51.0. The summed E-state index contributed by atoms with van der Waals surface area (Å²) in [5.41, 5.74) is -0.877. The van der Waals surface area contributed by atoms with E-state index in [-0.39, 0.29) is 30.6 Å². The molecule has 61 heavy (non-hydrogen) atoms. The van der Waals surface area contributed by atoms with E-state index in [1.54, 1.807) is 11.9 Å². The zero-order valence-electron chi connectivity index (χ0n) is 40.9. The lowest BCUT2D eigenvalue weighted by molar-refractivity contribution is -0.121. The highest BCUT2D eigenvalue weighted by atomic mass is 35.5. The number of likely N-dealkylation sites (N-methyl/N-ethyl adjacent to an activating group) is 3. The fourth-order valence-electron chi connectivity index (χ4n) is 8.97. The molecule has 0 spiro atoms. The highest BCUT2D eigenvalue weighted by molar-refractivity contribution is 5.85. The van der Waals surface area contributed by atoms with Crippen LogP contribution in [0.2, 0.25) is 0 Å². The lowest BCUT2D eigenvalue weighted by Crippen LogP contribution is -2.51. The summed E-state index contributed by atoms with van der Waals surface area (Å²) in [6.45, 7) is 25.9. The Bertz CT molecular complexity index is 1220. The fraction of sp³-hybridized carbons (Fsp3) is 0.935. The summed E-state index contributed by atoms with van der Waals surface area (Å²) in [6.07, 6.45) is 12.3. The molecule has 0 aromatic rings. The third kappa shape index (κ3) is 21.6. The van der Waals surface area contributed by atoms with Gasteiger partial charge in [-0.15, -0.1) is 12.4 Å². The Kier molecular flexibility index (Phi) is 25.0. The summed E-state index contributed by atoms with van der Waals surface area (Å²) in [6, 6.07) is 2.85. The molecule has 14 nitrogen and oxygen atoms in total. The van der Waals surface area contributed by atoms with Crippen molar-refractivity contribution in [1.29, 1.82) is 0 Å². The smallest absolute Gasteiger partial charge is 0.410 e. The van der Waals surface area contributed by atoms with Crippen LogP contribution < -0.4 is 10.6 Å². The third-order valence-electron chi connectivity index (χ3n) is 13.2. The van der Waals surface area contributed by atoms with Crippen LogP contribution in [0.5, 0.6) is 0 Å². The lowest BCUT2D eigenvalue weighted by Gasteiger charge is -2.42. The zero-order valence-corrected chi connectivity index (χ0v) is 41.8. The molecule has 0 aromatic carbocycles. The molecule has 15 heteroatoms. The van der Waals surface area contributed by atoms with Crippen LogP contribution in [-0.2, 0) is 14.3 Å². The van der Waals surface area contributed by atoms with Crippen molar-refractivity contribution < 1.29 is 23.9 Å². The van der Waals surface area contributed by atoms with E-state index in [1.165, 1.54) is 104 Å². The third-order valence-corrected chi connectivity index (χ3v) is 13.2. The van der Waals surface area contributed by atoms with E-state index in [0.717, 1.165) is 50.9 Å². The Morgan fingerprint density at radius 3 is 1.25 bits per heavy atom. The predicted molar refractivity (Wildman–Crippen MR) is 252 cm³/mol. The van der Waals surface area contributed by atoms with Crippen LogP contribution in [0.25, 0.3) is 0 Å². The number of amides is 2. The molecule has 6 rings (SSSR count). The molecule has 2 amide bonds. The van der Waals surface area contributed by atoms with Crippen molar-refractivity contribution >= 4 is 30.4 Å². The maximum absolute atomic E-state index is 12.2. The number of nitrogens with one attached hydrogen (secondary N) is 2. The lowest BCUT2D eigenvalue weighted by atomic mass is 9.89. The van der Waals surface area contributed by atoms with E-state index in [2.05, 4.69) is 63.3 Å². The van der Waals surface area contributed by atoms with Gasteiger partial charge >= 0.3 is 12.2 Å². The van der Waals surface area contributed by atoms with Crippen molar-refractivity contribution in [2.24, 2.45) is 0 Å². The van der Waals surface area contributed by atoms with Crippen LogP contribution in [0, 0.1) is 0 Å². The quantitative estimate of drug-likeness (QED) is 0.365. The van der Waals surface area contributed by atoms with Gasteiger partial charge in [0, 0.05) is 136 Å². The molecule has 0 unspecified atom stereocenters. The van der Waals surface area contributed by atoms with Crippen LogP contribution in [-0.4, -0.2) is 215 Å². The molecule has 6 aliphatic rings. The van der Waals surface area contributed by atoms with E-state index >= 15 is 0 Å². The molecule has 0 bridgehead atoms. The van der Waals surface area contributed by atoms with E-state index in [4.69, 9.17) is 9.47 Å². The monoisotopic (exact) mass is 886 g/mol. The average molecular weight is 887 g/mol. The first kappa shape index (κ1) is 55.4. The van der Waals surface area contributed by atoms with Gasteiger partial charge in [0.05, 0.1) is 0 Å². The van der Waals surface area contributed by atoms with Crippen molar-refractivity contribution in [3.8, 4) is 0 Å². The first-order valence-corrected chi connectivity index (χ1v) is 23.6. The zero-order chi connectivity index (χ0) is 44.5. The Balaban J connectivity index is 0.000000294. The maximum atomic E-state index is 12.2. The molecule has 3 saturated heterocycles. The highest BCUT2D eigenvalue weighted by Crippen LogP contribution is 2.28. The molecule has 0 radical (unpaired) electrons. The van der Waals surface area contributed by atoms with Gasteiger partial charge < -0.3 is 44.6 Å². The molecule has 3 heterocycles. The standard InChI is InChI=1S/C17H33N3O2.C12H25N3.C12H21NO3.C5H12N2.ClH/c1-17(2,3)22-16(21)19(5)14-6-8-15(9-7-14)20-12-10-18(4)11-13-20;1-13-11-3-5-12(6-4-11)15-9-7-14(2)8-10-15;1-12(2,3)16-11(15)13(4)9-5-7-10(14)8-6-9;1-7-4-2-6-3-5-7;/h14-15H,6-13H2,1-5H3;11-13H,3-10H2,1-2H3;9H,5-8H2,1-4H3;6H,2-5H2,1H3;1H. The van der Waals surface area contributed by atoms with Crippen molar-refractivity contribution in [1.82, 2.24) is 44.9 Å². The molecule has 2 N–H and O–H groups in total. The topological polar surface area (TPSA) is 116 Å². The minimum atomic E-state index is -0.462. The van der Waals surface area contributed by atoms with Gasteiger partial charge in [-0.3, -0.25) is 14.6 Å². The average Bonchev–Trinajstić information content (AvgIpc) is 3.21. The molecule has 6 fully saturated rings. The molecule has 0 atom stereocenters. The summed E-state index contributed by atoms with van der Waals surface area (Å²) in [5.74, 6) is 0.300. The van der Waals surface area contributed by atoms with Crippen LogP contribution in [0.15, 0.2) is 0 Å². The molecule has 3 aliphatic heterocycles. The number of halogens is 1. The Morgan fingerprint density at radius 1 is 0.574 bits per heavy atom. The number of piperazine rings is 3. The van der Waals surface area contributed by atoms with Crippen LogP contribution in [0.1, 0.15) is 119 Å². The summed E-state index contributed by atoms with van der Waals surface area (Å²) in [7, 11) is 12.3. The predicted octanol–water partition coefficient (Wildman–Crippen LogP) is 5.48. The second-order valence-corrected chi connectivity index (χ2v) is 20.4. The first-order chi connectivity index (χ1) is 28.2. The second kappa shape index (κ2) is 27.5. The van der Waals surface area contributed by atoms with Gasteiger partial charge in [-0.25, -0.2) is 9.59 Å². The Morgan fingerprint density at radius 2 is 0.918 bits per heavy atom. The van der Waals surface area contributed by atoms with Gasteiger partial charge in [-0.1, -0.05) is 0 Å². The number of ether oxygens (including phenoxy) is 2. The van der Waals surface area contributed by atoms with Crippen molar-refractivity contribution in [2.75, 3.05) is 121 Å². The SMILES string of the molecule is CN(C(=O)OC(C)(C)C)C1CCC(=O)CC1.CN1CCN(C2CCC(N(C)C(=O)OC(C)(C)C)CC2)CC1.CN1CCNCC1.CNC1CCC(N2CCN(C)CC2)CC1.Cl. The van der Waals surface area contributed by atoms with Crippen molar-refractivity contribution in [2.45, 2.75) is 160 Å². The van der Waals surface area contributed by atoms with E-state index in [1.807, 2.05) is 53.5 Å². The van der Waals surface area contributed by atoms with Crippen LogP contribution in [0.4, 0.5) is 9.59 Å². The largest absolute Gasteiger partial charge is 0.444 e. The number of hydrogen-bond donors (Lipinski definition) is 2. The first-order valence-electron chi connectivity index (χ1n) is 23.6. The van der Waals surface area contributed by atoms with Gasteiger partial charge in [-0.05, 0) is 134 Å². The minimum Gasteiger partial charge on any atom is -0.444 e. The van der Waals surface area contributed by atoms with E-state index < -0.39 is 11.2 Å². The Hall–Kier alpha value is -1.78. The molecule has 3 aliphatic carbocycles. The van der Waals surface area contributed by atoms with Crippen LogP contribution >= 0.6 is 12.4 Å². The fourth-order valence-corrected chi connectivity index (χ4v) is 8.97. The number of rotatable bonds is 5. The number of Topliss-reactive ketones (excluding diaryl/α,β-unsaturated/α-hetero) is 1. The normalized spacial score (nSPS) is 26.7. The second-order valence-electron chi connectivity index (χ2n) is 20.4. The Labute approximate surface area is 378 Å². The van der Waals surface area contributed by atoms with Crippen LogP contribution in [0.3, 0.4) is 0 Å². The number of hydrogen-bond acceptors (Lipinski definition) is 12. The summed E-state index contributed by atoms with van der Waals surface area (Å²) < 4.78 is 10.8. The van der Waals surface area contributed by atoms with E-state index in [0.29, 0.717) is 30.7 Å².